The molecular formula is C16H19BrN2O2. The number of likely N-dealkylation sites (tertiary alicyclic amines) is 1. The quantitative estimate of drug-likeness (QED) is 0.922. The third-order valence-corrected chi connectivity index (χ3v) is 4.71. The minimum Gasteiger partial charge on any atom is -0.450 e. The van der Waals surface area contributed by atoms with E-state index in [2.05, 4.69) is 15.9 Å². The Labute approximate surface area is 132 Å². The second-order valence-corrected chi connectivity index (χ2v) is 6.46. The summed E-state index contributed by atoms with van der Waals surface area (Å²) in [5, 5.41) is 0.947. The lowest BCUT2D eigenvalue weighted by Crippen LogP contribution is -2.40. The molecule has 2 N–H and O–H groups in total. The molecular weight excluding hydrogens is 332 g/mol. The monoisotopic (exact) mass is 350 g/mol. The molecule has 21 heavy (non-hydrogen) atoms. The lowest BCUT2D eigenvalue weighted by Gasteiger charge is -2.32. The van der Waals surface area contributed by atoms with Gasteiger partial charge in [0, 0.05) is 18.5 Å². The zero-order valence-electron chi connectivity index (χ0n) is 11.8. The van der Waals surface area contributed by atoms with E-state index in [1.807, 2.05) is 29.2 Å². The van der Waals surface area contributed by atoms with Gasteiger partial charge in [0.25, 0.3) is 5.91 Å². The van der Waals surface area contributed by atoms with Gasteiger partial charge in [-0.3, -0.25) is 4.79 Å². The number of carbonyl (C=O) groups is 1. The van der Waals surface area contributed by atoms with Crippen molar-refractivity contribution < 1.29 is 9.21 Å². The molecule has 3 rings (SSSR count). The minimum absolute atomic E-state index is 0.0141. The van der Waals surface area contributed by atoms with Crippen LogP contribution in [0.25, 0.3) is 11.0 Å². The van der Waals surface area contributed by atoms with Crippen LogP contribution in [0.5, 0.6) is 0 Å². The number of rotatable bonds is 3. The molecule has 0 aliphatic carbocycles. The average Bonchev–Trinajstić information content (AvgIpc) is 2.93. The predicted molar refractivity (Wildman–Crippen MR) is 86.2 cm³/mol. The second kappa shape index (κ2) is 6.20. The van der Waals surface area contributed by atoms with Crippen LogP contribution < -0.4 is 5.73 Å². The van der Waals surface area contributed by atoms with E-state index >= 15 is 0 Å². The fourth-order valence-electron chi connectivity index (χ4n) is 3.01. The highest BCUT2D eigenvalue weighted by atomic mass is 79.9. The molecule has 1 atom stereocenters. The molecule has 0 spiro atoms. The van der Waals surface area contributed by atoms with Crippen molar-refractivity contribution >= 4 is 32.8 Å². The van der Waals surface area contributed by atoms with Crippen LogP contribution >= 0.6 is 15.9 Å². The molecule has 0 saturated carbocycles. The Morgan fingerprint density at radius 2 is 2.33 bits per heavy atom. The van der Waals surface area contributed by atoms with E-state index in [9.17, 15) is 4.79 Å². The van der Waals surface area contributed by atoms with Gasteiger partial charge >= 0.3 is 0 Å². The van der Waals surface area contributed by atoms with Crippen LogP contribution in [-0.2, 0) is 0 Å². The maximum Gasteiger partial charge on any atom is 0.289 e. The van der Waals surface area contributed by atoms with Gasteiger partial charge in [-0.15, -0.1) is 0 Å². The van der Waals surface area contributed by atoms with Crippen LogP contribution in [0.1, 0.15) is 29.8 Å². The normalized spacial score (nSPS) is 19.1. The van der Waals surface area contributed by atoms with E-state index in [4.69, 9.17) is 10.2 Å². The van der Waals surface area contributed by atoms with Crippen molar-refractivity contribution in [3.63, 3.8) is 0 Å². The Balaban J connectivity index is 1.81. The highest BCUT2D eigenvalue weighted by molar-refractivity contribution is 9.10. The predicted octanol–water partition coefficient (Wildman–Crippen LogP) is 3.40. The summed E-state index contributed by atoms with van der Waals surface area (Å²) < 4.78 is 6.62. The first kappa shape index (κ1) is 14.6. The molecule has 1 unspecified atom stereocenters. The molecule has 1 amide bonds. The van der Waals surface area contributed by atoms with E-state index in [1.165, 1.54) is 0 Å². The van der Waals surface area contributed by atoms with Gasteiger partial charge in [-0.25, -0.2) is 0 Å². The van der Waals surface area contributed by atoms with Crippen LogP contribution in [0.2, 0.25) is 0 Å². The maximum atomic E-state index is 12.6. The number of para-hydroxylation sites is 1. The fraction of sp³-hybridized carbons (Fsp3) is 0.438. The summed E-state index contributed by atoms with van der Waals surface area (Å²) in [5.74, 6) is 0.925. The Morgan fingerprint density at radius 1 is 1.48 bits per heavy atom. The summed E-state index contributed by atoms with van der Waals surface area (Å²) in [5.41, 5.74) is 6.37. The summed E-state index contributed by atoms with van der Waals surface area (Å²) in [6.45, 7) is 2.27. The number of nitrogens with zero attached hydrogens (tertiary/aromatic N) is 1. The van der Waals surface area contributed by atoms with Crippen molar-refractivity contribution in [1.82, 2.24) is 4.90 Å². The third kappa shape index (κ3) is 2.99. The largest absolute Gasteiger partial charge is 0.450 e. The lowest BCUT2D eigenvalue weighted by atomic mass is 9.95. The fourth-order valence-corrected chi connectivity index (χ4v) is 3.47. The second-order valence-electron chi connectivity index (χ2n) is 5.61. The van der Waals surface area contributed by atoms with Crippen molar-refractivity contribution in [2.45, 2.75) is 19.3 Å². The van der Waals surface area contributed by atoms with Crippen LogP contribution in [0.3, 0.4) is 0 Å². The minimum atomic E-state index is -0.0141. The Kier molecular flexibility index (Phi) is 4.31. The number of benzene rings is 1. The molecule has 1 aliphatic rings. The summed E-state index contributed by atoms with van der Waals surface area (Å²) in [4.78, 5) is 14.5. The number of hydrogen-bond donors (Lipinski definition) is 1. The van der Waals surface area contributed by atoms with E-state index in [-0.39, 0.29) is 5.91 Å². The van der Waals surface area contributed by atoms with Crippen LogP contribution in [-0.4, -0.2) is 30.4 Å². The molecule has 0 radical (unpaired) electrons. The third-order valence-electron chi connectivity index (χ3n) is 4.09. The number of carbonyl (C=O) groups excluding carboxylic acids is 1. The highest BCUT2D eigenvalue weighted by Crippen LogP contribution is 2.28. The van der Waals surface area contributed by atoms with Crippen LogP contribution in [0.4, 0.5) is 0 Å². The van der Waals surface area contributed by atoms with Crippen molar-refractivity contribution in [3.8, 4) is 0 Å². The number of piperidine rings is 1. The molecule has 5 heteroatoms. The topological polar surface area (TPSA) is 59.5 Å². The van der Waals surface area contributed by atoms with Crippen molar-refractivity contribution in [2.75, 3.05) is 19.6 Å². The molecule has 2 aromatic rings. The van der Waals surface area contributed by atoms with Crippen LogP contribution in [0, 0.1) is 5.92 Å². The van der Waals surface area contributed by atoms with Gasteiger partial charge in [0.15, 0.2) is 5.76 Å². The zero-order valence-corrected chi connectivity index (χ0v) is 13.4. The first-order valence-electron chi connectivity index (χ1n) is 7.36. The summed E-state index contributed by atoms with van der Waals surface area (Å²) in [6, 6.07) is 7.63. The van der Waals surface area contributed by atoms with Crippen molar-refractivity contribution in [3.05, 3.63) is 34.5 Å². The van der Waals surface area contributed by atoms with E-state index in [0.717, 1.165) is 47.8 Å². The van der Waals surface area contributed by atoms with Crippen molar-refractivity contribution in [2.24, 2.45) is 11.7 Å². The highest BCUT2D eigenvalue weighted by Gasteiger charge is 2.26. The standard InChI is InChI=1S/C16H19BrN2O2/c17-13-5-1-4-12-9-14(21-15(12)13)16(20)19-8-2-3-11(10-19)6-7-18/h1,4-5,9,11H,2-3,6-8,10,18H2. The smallest absolute Gasteiger partial charge is 0.289 e. The lowest BCUT2D eigenvalue weighted by molar-refractivity contribution is 0.0640. The number of halogens is 1. The first-order valence-corrected chi connectivity index (χ1v) is 8.15. The maximum absolute atomic E-state index is 12.6. The molecule has 0 bridgehead atoms. The van der Waals surface area contributed by atoms with Gasteiger partial charge in [0.2, 0.25) is 0 Å². The Morgan fingerprint density at radius 3 is 3.10 bits per heavy atom. The molecule has 1 fully saturated rings. The van der Waals surface area contributed by atoms with Crippen molar-refractivity contribution in [1.29, 1.82) is 0 Å². The number of hydrogen-bond acceptors (Lipinski definition) is 3. The Bertz CT molecular complexity index is 651. The average molecular weight is 351 g/mol. The molecule has 1 aromatic carbocycles. The summed E-state index contributed by atoms with van der Waals surface area (Å²) >= 11 is 3.45. The number of furan rings is 1. The van der Waals surface area contributed by atoms with Gasteiger partial charge in [0.1, 0.15) is 5.58 Å². The van der Waals surface area contributed by atoms with Gasteiger partial charge in [-0.2, -0.15) is 0 Å². The van der Waals surface area contributed by atoms with Gasteiger partial charge in [-0.1, -0.05) is 12.1 Å². The molecule has 1 saturated heterocycles. The van der Waals surface area contributed by atoms with Gasteiger partial charge in [-0.05, 0) is 59.8 Å². The van der Waals surface area contributed by atoms with E-state index in [1.54, 1.807) is 0 Å². The van der Waals surface area contributed by atoms with Gasteiger partial charge in [0.05, 0.1) is 4.47 Å². The zero-order chi connectivity index (χ0) is 14.8. The van der Waals surface area contributed by atoms with E-state index < -0.39 is 0 Å². The number of fused-ring (bicyclic) bond motifs is 1. The summed E-state index contributed by atoms with van der Waals surface area (Å²) in [6.07, 6.45) is 3.18. The SMILES string of the molecule is NCCC1CCCN(C(=O)c2cc3cccc(Br)c3o2)C1. The number of nitrogens with two attached hydrogens (primary N) is 1. The molecule has 112 valence electrons. The number of amides is 1. The van der Waals surface area contributed by atoms with Crippen LogP contribution in [0.15, 0.2) is 33.2 Å². The first-order chi connectivity index (χ1) is 10.2. The Hall–Kier alpha value is -1.33. The molecule has 2 heterocycles. The molecule has 1 aromatic heterocycles. The molecule has 4 nitrogen and oxygen atoms in total. The van der Waals surface area contributed by atoms with E-state index in [0.29, 0.717) is 18.2 Å². The van der Waals surface area contributed by atoms with Gasteiger partial charge < -0.3 is 15.1 Å². The summed E-state index contributed by atoms with van der Waals surface area (Å²) in [7, 11) is 0. The molecule has 1 aliphatic heterocycles.